The zero-order valence-corrected chi connectivity index (χ0v) is 18.7. The number of ether oxygens (including phenoxy) is 3. The lowest BCUT2D eigenvalue weighted by atomic mass is 10.1. The van der Waals surface area contributed by atoms with Gasteiger partial charge in [0.15, 0.2) is 11.5 Å². The molecule has 0 saturated carbocycles. The molecule has 1 aliphatic heterocycles. The summed E-state index contributed by atoms with van der Waals surface area (Å²) in [6.45, 7) is 5.43. The minimum absolute atomic E-state index is 0.00355. The summed E-state index contributed by atoms with van der Waals surface area (Å²) in [5.74, 6) is 0.849. The highest BCUT2D eigenvalue weighted by Gasteiger charge is 2.27. The standard InChI is InChI=1S/C23H31N3O5/c1-5-17(2)26(23(28)18-8-9-20-21(13-18)31-16-30-20)15-22(27)25(11-12-29-4)14-19-7-6-10-24(19)3/h6-10,13,17H,5,11-12,14-16H2,1-4H3/t17-/m0/s1. The van der Waals surface area contributed by atoms with Crippen molar-refractivity contribution in [3.63, 3.8) is 0 Å². The van der Waals surface area contributed by atoms with Crippen molar-refractivity contribution in [1.29, 1.82) is 0 Å². The third-order valence-electron chi connectivity index (χ3n) is 5.63. The van der Waals surface area contributed by atoms with Gasteiger partial charge in [0, 0.05) is 44.2 Å². The largest absolute Gasteiger partial charge is 0.454 e. The number of hydrogen-bond donors (Lipinski definition) is 0. The van der Waals surface area contributed by atoms with Crippen molar-refractivity contribution >= 4 is 11.8 Å². The van der Waals surface area contributed by atoms with Crippen molar-refractivity contribution in [2.75, 3.05) is 33.6 Å². The third kappa shape index (κ3) is 5.38. The first-order valence-electron chi connectivity index (χ1n) is 10.5. The summed E-state index contributed by atoms with van der Waals surface area (Å²) < 4.78 is 17.9. The van der Waals surface area contributed by atoms with E-state index in [2.05, 4.69) is 0 Å². The number of benzene rings is 1. The molecule has 0 radical (unpaired) electrons. The lowest BCUT2D eigenvalue weighted by molar-refractivity contribution is -0.133. The van der Waals surface area contributed by atoms with Crippen LogP contribution in [0, 0.1) is 0 Å². The Bertz CT molecular complexity index is 910. The van der Waals surface area contributed by atoms with E-state index in [1.165, 1.54) is 0 Å². The fourth-order valence-electron chi connectivity index (χ4n) is 3.44. The molecule has 2 amide bonds. The Balaban J connectivity index is 1.78. The van der Waals surface area contributed by atoms with Crippen molar-refractivity contribution in [2.24, 2.45) is 7.05 Å². The molecule has 0 bridgehead atoms. The second-order valence-corrected chi connectivity index (χ2v) is 7.68. The highest BCUT2D eigenvalue weighted by atomic mass is 16.7. The minimum atomic E-state index is -0.202. The minimum Gasteiger partial charge on any atom is -0.454 e. The molecular formula is C23H31N3O5. The number of rotatable bonds is 10. The van der Waals surface area contributed by atoms with Crippen molar-refractivity contribution in [1.82, 2.24) is 14.4 Å². The molecule has 0 saturated heterocycles. The van der Waals surface area contributed by atoms with Gasteiger partial charge in [-0.05, 0) is 43.7 Å². The van der Waals surface area contributed by atoms with Crippen LogP contribution in [0.25, 0.3) is 0 Å². The first kappa shape index (κ1) is 22.7. The van der Waals surface area contributed by atoms with Gasteiger partial charge >= 0.3 is 0 Å². The number of carbonyl (C=O) groups is 2. The summed E-state index contributed by atoms with van der Waals surface area (Å²) in [4.78, 5) is 29.9. The number of aromatic nitrogens is 1. The quantitative estimate of drug-likeness (QED) is 0.581. The van der Waals surface area contributed by atoms with Gasteiger partial charge in [0.2, 0.25) is 12.7 Å². The van der Waals surface area contributed by atoms with Gasteiger partial charge in [-0.15, -0.1) is 0 Å². The molecule has 0 unspecified atom stereocenters. The molecule has 1 aromatic heterocycles. The number of aryl methyl sites for hydroxylation is 1. The number of hydrogen-bond acceptors (Lipinski definition) is 5. The van der Waals surface area contributed by atoms with Crippen LogP contribution >= 0.6 is 0 Å². The topological polar surface area (TPSA) is 73.2 Å². The maximum atomic E-state index is 13.3. The molecule has 2 heterocycles. The van der Waals surface area contributed by atoms with Crippen LogP contribution in [0.1, 0.15) is 36.3 Å². The average Bonchev–Trinajstić information content (AvgIpc) is 3.41. The molecule has 3 rings (SSSR count). The highest BCUT2D eigenvalue weighted by Crippen LogP contribution is 2.33. The van der Waals surface area contributed by atoms with Crippen LogP contribution in [0.15, 0.2) is 36.5 Å². The number of carbonyl (C=O) groups excluding carboxylic acids is 2. The van der Waals surface area contributed by atoms with Gasteiger partial charge in [-0.3, -0.25) is 9.59 Å². The fraction of sp³-hybridized carbons (Fsp3) is 0.478. The summed E-state index contributed by atoms with van der Waals surface area (Å²) in [7, 11) is 3.56. The Morgan fingerprint density at radius 2 is 2.00 bits per heavy atom. The Kier molecular flexibility index (Phi) is 7.57. The highest BCUT2D eigenvalue weighted by molar-refractivity contribution is 5.97. The van der Waals surface area contributed by atoms with Crippen molar-refractivity contribution < 1.29 is 23.8 Å². The van der Waals surface area contributed by atoms with Gasteiger partial charge < -0.3 is 28.6 Å². The number of fused-ring (bicyclic) bond motifs is 1. The fourth-order valence-corrected chi connectivity index (χ4v) is 3.44. The van der Waals surface area contributed by atoms with Gasteiger partial charge in [0.05, 0.1) is 13.2 Å². The molecule has 8 heteroatoms. The van der Waals surface area contributed by atoms with Gasteiger partial charge in [0.25, 0.3) is 5.91 Å². The summed E-state index contributed by atoms with van der Waals surface area (Å²) >= 11 is 0. The second kappa shape index (κ2) is 10.3. The van der Waals surface area contributed by atoms with Crippen LogP contribution in [0.5, 0.6) is 11.5 Å². The molecule has 0 aliphatic carbocycles. The summed E-state index contributed by atoms with van der Waals surface area (Å²) in [5.41, 5.74) is 1.49. The zero-order valence-electron chi connectivity index (χ0n) is 18.7. The smallest absolute Gasteiger partial charge is 0.254 e. The van der Waals surface area contributed by atoms with Gasteiger partial charge in [-0.25, -0.2) is 0 Å². The molecule has 168 valence electrons. The molecular weight excluding hydrogens is 398 g/mol. The molecule has 1 aliphatic rings. The van der Waals surface area contributed by atoms with Crippen LogP contribution in [0.3, 0.4) is 0 Å². The summed E-state index contributed by atoms with van der Waals surface area (Å²) in [6, 6.07) is 8.95. The summed E-state index contributed by atoms with van der Waals surface area (Å²) in [6.07, 6.45) is 2.68. The zero-order chi connectivity index (χ0) is 22.4. The predicted molar refractivity (Wildman–Crippen MR) is 116 cm³/mol. The first-order valence-corrected chi connectivity index (χ1v) is 10.5. The summed E-state index contributed by atoms with van der Waals surface area (Å²) in [5, 5.41) is 0. The lowest BCUT2D eigenvalue weighted by Gasteiger charge is -2.31. The van der Waals surface area contributed by atoms with E-state index in [0.29, 0.717) is 36.8 Å². The Morgan fingerprint density at radius 1 is 1.23 bits per heavy atom. The van der Waals surface area contributed by atoms with E-state index >= 15 is 0 Å². The average molecular weight is 430 g/mol. The van der Waals surface area contributed by atoms with E-state index < -0.39 is 0 Å². The first-order chi connectivity index (χ1) is 14.9. The van der Waals surface area contributed by atoms with Crippen molar-refractivity contribution in [2.45, 2.75) is 32.9 Å². The SMILES string of the molecule is CC[C@H](C)N(CC(=O)N(CCOC)Cc1cccn1C)C(=O)c1ccc2c(c1)OCO2. The molecule has 0 spiro atoms. The molecule has 0 N–H and O–H groups in total. The van der Waals surface area contributed by atoms with E-state index in [0.717, 1.165) is 12.1 Å². The maximum absolute atomic E-state index is 13.3. The van der Waals surface area contributed by atoms with Crippen molar-refractivity contribution in [3.8, 4) is 11.5 Å². The predicted octanol–water partition coefficient (Wildman–Crippen LogP) is 2.67. The number of nitrogens with zero attached hydrogens (tertiary/aromatic N) is 3. The maximum Gasteiger partial charge on any atom is 0.254 e. The molecule has 1 aromatic carbocycles. The Morgan fingerprint density at radius 3 is 2.68 bits per heavy atom. The van der Waals surface area contributed by atoms with E-state index in [1.54, 1.807) is 35.1 Å². The second-order valence-electron chi connectivity index (χ2n) is 7.68. The molecule has 2 aromatic rings. The van der Waals surface area contributed by atoms with Crippen molar-refractivity contribution in [3.05, 3.63) is 47.8 Å². The monoisotopic (exact) mass is 429 g/mol. The number of methoxy groups -OCH3 is 1. The third-order valence-corrected chi connectivity index (χ3v) is 5.63. The van der Waals surface area contributed by atoms with Crippen LogP contribution in [0.2, 0.25) is 0 Å². The number of amides is 2. The lowest BCUT2D eigenvalue weighted by Crippen LogP contribution is -2.47. The van der Waals surface area contributed by atoms with Gasteiger partial charge in [0.1, 0.15) is 6.54 Å². The molecule has 0 fully saturated rings. The van der Waals surface area contributed by atoms with Gasteiger partial charge in [-0.1, -0.05) is 6.92 Å². The van der Waals surface area contributed by atoms with E-state index in [4.69, 9.17) is 14.2 Å². The molecule has 1 atom stereocenters. The van der Waals surface area contributed by atoms with E-state index in [1.807, 2.05) is 43.8 Å². The Labute approximate surface area is 183 Å². The van der Waals surface area contributed by atoms with Crippen LogP contribution in [-0.4, -0.2) is 65.8 Å². The Hall–Kier alpha value is -3.00. The normalized spacial score (nSPS) is 13.2. The van der Waals surface area contributed by atoms with E-state index in [-0.39, 0.29) is 31.2 Å². The van der Waals surface area contributed by atoms with E-state index in [9.17, 15) is 9.59 Å². The van der Waals surface area contributed by atoms with Gasteiger partial charge in [-0.2, -0.15) is 0 Å². The molecule has 8 nitrogen and oxygen atoms in total. The van der Waals surface area contributed by atoms with Crippen LogP contribution in [-0.2, 0) is 23.1 Å². The van der Waals surface area contributed by atoms with Crippen LogP contribution in [0.4, 0.5) is 0 Å². The molecule has 31 heavy (non-hydrogen) atoms. The van der Waals surface area contributed by atoms with Crippen LogP contribution < -0.4 is 9.47 Å².